The van der Waals surface area contributed by atoms with Gasteiger partial charge in [0.25, 0.3) is 0 Å². The highest BCUT2D eigenvalue weighted by Gasteiger charge is 2.16. The number of aliphatic hydroxyl groups is 1. The van der Waals surface area contributed by atoms with Gasteiger partial charge in [0.05, 0.1) is 27.4 Å². The van der Waals surface area contributed by atoms with Gasteiger partial charge in [-0.1, -0.05) is 19.1 Å². The summed E-state index contributed by atoms with van der Waals surface area (Å²) < 4.78 is 56.5. The first-order valence-electron chi connectivity index (χ1n) is 7.76. The van der Waals surface area contributed by atoms with Crippen LogP contribution in [0.1, 0.15) is 18.9 Å². The molecular formula is C15H24NO6S2-. The molecule has 0 aliphatic carbocycles. The minimum atomic E-state index is -4.28. The molecule has 0 saturated carbocycles. The van der Waals surface area contributed by atoms with Crippen LogP contribution in [-0.2, 0) is 26.4 Å². The van der Waals surface area contributed by atoms with Gasteiger partial charge in [-0.3, -0.25) is 0 Å². The Labute approximate surface area is 144 Å². The van der Waals surface area contributed by atoms with E-state index in [1.807, 2.05) is 11.8 Å². The average Bonchev–Trinajstić information content (AvgIpc) is 2.51. The predicted octanol–water partition coefficient (Wildman–Crippen LogP) is 0.252. The highest BCUT2D eigenvalue weighted by molar-refractivity contribution is 7.91. The van der Waals surface area contributed by atoms with Gasteiger partial charge in [0.2, 0.25) is 0 Å². The van der Waals surface area contributed by atoms with Crippen LogP contribution in [0.5, 0.6) is 0 Å². The lowest BCUT2D eigenvalue weighted by Gasteiger charge is -2.20. The van der Waals surface area contributed by atoms with Crippen molar-refractivity contribution in [3.05, 3.63) is 29.8 Å². The molecule has 0 aliphatic rings. The fourth-order valence-corrected chi connectivity index (χ4v) is 4.04. The number of hydrogen-bond donors (Lipinski definition) is 1. The minimum Gasteiger partial charge on any atom is -0.748 e. The summed E-state index contributed by atoms with van der Waals surface area (Å²) in [6.45, 7) is 3.47. The van der Waals surface area contributed by atoms with E-state index in [9.17, 15) is 21.4 Å². The molecular weight excluding hydrogens is 354 g/mol. The van der Waals surface area contributed by atoms with E-state index in [-0.39, 0.29) is 23.7 Å². The maximum Gasteiger partial charge on any atom is 0.179 e. The molecule has 24 heavy (non-hydrogen) atoms. The Kier molecular flexibility index (Phi) is 8.31. The van der Waals surface area contributed by atoms with Crippen LogP contribution in [0.25, 0.3) is 0 Å². The molecule has 9 heteroatoms. The van der Waals surface area contributed by atoms with Crippen molar-refractivity contribution in [2.75, 3.05) is 37.7 Å². The third-order valence-corrected chi connectivity index (χ3v) is 5.97. The van der Waals surface area contributed by atoms with Gasteiger partial charge in [-0.15, -0.1) is 0 Å². The monoisotopic (exact) mass is 378 g/mol. The van der Waals surface area contributed by atoms with E-state index in [1.54, 1.807) is 0 Å². The molecule has 0 atom stereocenters. The number of rotatable bonds is 11. The summed E-state index contributed by atoms with van der Waals surface area (Å²) in [5.41, 5.74) is 0.598. The van der Waals surface area contributed by atoms with E-state index >= 15 is 0 Å². The summed E-state index contributed by atoms with van der Waals surface area (Å²) in [7, 11) is -7.74. The van der Waals surface area contributed by atoms with Crippen molar-refractivity contribution in [2.45, 2.75) is 24.7 Å². The first-order valence-corrected chi connectivity index (χ1v) is 11.0. The first-order chi connectivity index (χ1) is 11.2. The van der Waals surface area contributed by atoms with Gasteiger partial charge >= 0.3 is 0 Å². The fraction of sp³-hybridized carbons (Fsp3) is 0.600. The maximum atomic E-state index is 12.3. The molecule has 0 saturated heterocycles. The topological polar surface area (TPSA) is 115 Å². The second kappa shape index (κ2) is 9.47. The lowest BCUT2D eigenvalue weighted by Crippen LogP contribution is -2.32. The molecule has 0 radical (unpaired) electrons. The zero-order valence-electron chi connectivity index (χ0n) is 13.7. The van der Waals surface area contributed by atoms with Crippen molar-refractivity contribution in [3.63, 3.8) is 0 Å². The smallest absolute Gasteiger partial charge is 0.179 e. The molecule has 138 valence electrons. The van der Waals surface area contributed by atoms with Crippen molar-refractivity contribution in [1.82, 2.24) is 4.90 Å². The fourth-order valence-electron chi connectivity index (χ4n) is 2.27. The Hall–Kier alpha value is -1.00. The zero-order chi connectivity index (χ0) is 18.2. The van der Waals surface area contributed by atoms with Crippen LogP contribution in [0.3, 0.4) is 0 Å². The molecule has 0 unspecified atom stereocenters. The quantitative estimate of drug-likeness (QED) is 0.549. The molecule has 1 aromatic carbocycles. The number of aliphatic hydroxyl groups excluding tert-OH is 1. The normalized spacial score (nSPS) is 12.7. The second-order valence-corrected chi connectivity index (χ2v) is 9.17. The van der Waals surface area contributed by atoms with Crippen LogP contribution < -0.4 is 0 Å². The van der Waals surface area contributed by atoms with E-state index in [1.165, 1.54) is 24.3 Å². The summed E-state index contributed by atoms with van der Waals surface area (Å²) in [5, 5.41) is 8.99. The van der Waals surface area contributed by atoms with Crippen molar-refractivity contribution in [1.29, 1.82) is 0 Å². The van der Waals surface area contributed by atoms with Gasteiger partial charge in [0, 0.05) is 18.8 Å². The van der Waals surface area contributed by atoms with Crippen LogP contribution in [0.4, 0.5) is 0 Å². The highest BCUT2D eigenvalue weighted by Crippen LogP contribution is 2.14. The standard InChI is InChI=1S/C15H25NO6S2/c1-2-8-16(9-11-17)10-13-23(18,19)15-5-3-14(4-6-15)7-12-24(20,21)22/h3-6,17H,2,7-13H2,1H3,(H,20,21,22)/p-1. The summed E-state index contributed by atoms with van der Waals surface area (Å²) in [4.78, 5) is 2.06. The van der Waals surface area contributed by atoms with Gasteiger partial charge in [0.15, 0.2) is 9.84 Å². The van der Waals surface area contributed by atoms with Crippen LogP contribution >= 0.6 is 0 Å². The van der Waals surface area contributed by atoms with Crippen molar-refractivity contribution < 1.29 is 26.5 Å². The molecule has 0 fully saturated rings. The van der Waals surface area contributed by atoms with Gasteiger partial charge in [-0.2, -0.15) is 0 Å². The molecule has 0 bridgehead atoms. The minimum absolute atomic E-state index is 0.0165. The SMILES string of the molecule is CCCN(CCO)CCS(=O)(=O)c1ccc(CCS(=O)(=O)[O-])cc1. The second-order valence-electron chi connectivity index (χ2n) is 5.54. The van der Waals surface area contributed by atoms with Crippen LogP contribution in [-0.4, -0.2) is 69.1 Å². The lowest BCUT2D eigenvalue weighted by molar-refractivity contribution is 0.203. The Bertz CT molecular complexity index is 692. The molecule has 0 amide bonds. The van der Waals surface area contributed by atoms with E-state index in [2.05, 4.69) is 0 Å². The number of sulfone groups is 1. The zero-order valence-corrected chi connectivity index (χ0v) is 15.4. The third kappa shape index (κ3) is 7.71. The molecule has 0 heterocycles. The number of benzene rings is 1. The highest BCUT2D eigenvalue weighted by atomic mass is 32.2. The van der Waals surface area contributed by atoms with Gasteiger partial charge < -0.3 is 14.6 Å². The van der Waals surface area contributed by atoms with E-state index < -0.39 is 25.7 Å². The Morgan fingerprint density at radius 2 is 1.62 bits per heavy atom. The molecule has 1 rings (SSSR count). The number of hydrogen-bond acceptors (Lipinski definition) is 7. The number of nitrogens with zero attached hydrogens (tertiary/aromatic N) is 1. The summed E-state index contributed by atoms with van der Waals surface area (Å²) in [6, 6.07) is 5.90. The van der Waals surface area contributed by atoms with Gasteiger partial charge in [0.1, 0.15) is 0 Å². The lowest BCUT2D eigenvalue weighted by atomic mass is 10.2. The molecule has 1 aromatic rings. The van der Waals surface area contributed by atoms with Crippen molar-refractivity contribution in [3.8, 4) is 0 Å². The Balaban J connectivity index is 2.69. The molecule has 0 aromatic heterocycles. The van der Waals surface area contributed by atoms with Crippen LogP contribution in [0, 0.1) is 0 Å². The van der Waals surface area contributed by atoms with E-state index in [0.29, 0.717) is 18.7 Å². The molecule has 1 N–H and O–H groups in total. The summed E-state index contributed by atoms with van der Waals surface area (Å²) >= 11 is 0. The number of aryl methyl sites for hydroxylation is 1. The summed E-state index contributed by atoms with van der Waals surface area (Å²) in [6.07, 6.45) is 0.935. The van der Waals surface area contributed by atoms with Crippen molar-refractivity contribution >= 4 is 20.0 Å². The maximum absolute atomic E-state index is 12.3. The molecule has 0 spiro atoms. The van der Waals surface area contributed by atoms with Gasteiger partial charge in [-0.05, 0) is 37.1 Å². The van der Waals surface area contributed by atoms with Crippen LogP contribution in [0.2, 0.25) is 0 Å². The third-order valence-electron chi connectivity index (χ3n) is 3.56. The van der Waals surface area contributed by atoms with Gasteiger partial charge in [-0.25, -0.2) is 16.8 Å². The predicted molar refractivity (Wildman–Crippen MR) is 90.6 cm³/mol. The largest absolute Gasteiger partial charge is 0.748 e. The van der Waals surface area contributed by atoms with Crippen LogP contribution in [0.15, 0.2) is 29.2 Å². The van der Waals surface area contributed by atoms with E-state index in [4.69, 9.17) is 5.11 Å². The van der Waals surface area contributed by atoms with Crippen molar-refractivity contribution in [2.24, 2.45) is 0 Å². The molecule has 7 nitrogen and oxygen atoms in total. The Morgan fingerprint density at radius 3 is 2.12 bits per heavy atom. The molecule has 0 aliphatic heterocycles. The summed E-state index contributed by atoms with van der Waals surface area (Å²) in [5.74, 6) is -0.562. The average molecular weight is 378 g/mol. The Morgan fingerprint density at radius 1 is 1.00 bits per heavy atom. The van der Waals surface area contributed by atoms with E-state index in [0.717, 1.165) is 13.0 Å². The first kappa shape index (κ1) is 21.0.